The van der Waals surface area contributed by atoms with Gasteiger partial charge in [-0.15, -0.1) is 0 Å². The van der Waals surface area contributed by atoms with Gasteiger partial charge in [0, 0.05) is 6.04 Å². The molecule has 16 heavy (non-hydrogen) atoms. The van der Waals surface area contributed by atoms with Gasteiger partial charge in [-0.05, 0) is 42.7 Å². The van der Waals surface area contributed by atoms with Crippen molar-refractivity contribution in [2.45, 2.75) is 54.5 Å². The molecule has 1 aliphatic rings. The van der Waals surface area contributed by atoms with Crippen LogP contribution in [0.1, 0.15) is 48.5 Å². The van der Waals surface area contributed by atoms with Crippen LogP contribution in [-0.2, 0) is 0 Å². The average molecular weight is 221 g/mol. The van der Waals surface area contributed by atoms with Crippen LogP contribution in [0.15, 0.2) is 22.3 Å². The Morgan fingerprint density at radius 3 is 1.75 bits per heavy atom. The summed E-state index contributed by atoms with van der Waals surface area (Å²) in [6.07, 6.45) is 0. The molecule has 1 rings (SSSR count). The Balaban J connectivity index is 3.35. The molecule has 2 unspecified atom stereocenters. The van der Waals surface area contributed by atoms with Crippen LogP contribution in [0.3, 0.4) is 0 Å². The fourth-order valence-corrected chi connectivity index (χ4v) is 3.13. The maximum atomic E-state index is 6.15. The molecule has 1 aliphatic carbocycles. The quantitative estimate of drug-likeness (QED) is 0.768. The SMILES string of the molecule is CC1=C(C(C)N)C(C(C)C)=C(C(C)C)C1C. The summed E-state index contributed by atoms with van der Waals surface area (Å²) in [5, 5.41) is 0. The van der Waals surface area contributed by atoms with E-state index >= 15 is 0 Å². The van der Waals surface area contributed by atoms with Gasteiger partial charge in [-0.25, -0.2) is 0 Å². The fourth-order valence-electron chi connectivity index (χ4n) is 3.13. The van der Waals surface area contributed by atoms with Crippen LogP contribution in [-0.4, -0.2) is 6.04 Å². The van der Waals surface area contributed by atoms with Gasteiger partial charge in [0.15, 0.2) is 0 Å². The van der Waals surface area contributed by atoms with Crippen LogP contribution in [0, 0.1) is 17.8 Å². The monoisotopic (exact) mass is 221 g/mol. The first-order valence-electron chi connectivity index (χ1n) is 6.49. The summed E-state index contributed by atoms with van der Waals surface area (Å²) in [4.78, 5) is 0. The van der Waals surface area contributed by atoms with Gasteiger partial charge < -0.3 is 5.73 Å². The number of rotatable bonds is 3. The van der Waals surface area contributed by atoms with Crippen molar-refractivity contribution in [2.24, 2.45) is 23.5 Å². The zero-order chi connectivity index (χ0) is 12.6. The van der Waals surface area contributed by atoms with Crippen LogP contribution in [0.4, 0.5) is 0 Å². The molecular weight excluding hydrogens is 194 g/mol. The van der Waals surface area contributed by atoms with Gasteiger partial charge in [-0.1, -0.05) is 45.8 Å². The smallest absolute Gasteiger partial charge is 0.0268 e. The third-order valence-electron chi connectivity index (χ3n) is 3.80. The second-order valence-corrected chi connectivity index (χ2v) is 5.79. The number of hydrogen-bond acceptors (Lipinski definition) is 1. The summed E-state index contributed by atoms with van der Waals surface area (Å²) in [6, 6.07) is 0.163. The molecule has 0 spiro atoms. The normalized spacial score (nSPS) is 24.0. The van der Waals surface area contributed by atoms with Crippen LogP contribution >= 0.6 is 0 Å². The Morgan fingerprint density at radius 2 is 1.44 bits per heavy atom. The lowest BCUT2D eigenvalue weighted by atomic mass is 9.85. The van der Waals surface area contributed by atoms with E-state index < -0.39 is 0 Å². The lowest BCUT2D eigenvalue weighted by Gasteiger charge is -2.21. The third-order valence-corrected chi connectivity index (χ3v) is 3.80. The molecule has 0 heterocycles. The summed E-state index contributed by atoms with van der Waals surface area (Å²) in [5.74, 6) is 1.79. The molecule has 92 valence electrons. The highest BCUT2D eigenvalue weighted by atomic mass is 14.6. The summed E-state index contributed by atoms with van der Waals surface area (Å²) < 4.78 is 0. The van der Waals surface area contributed by atoms with E-state index in [0.717, 1.165) is 0 Å². The molecule has 2 atom stereocenters. The van der Waals surface area contributed by atoms with Gasteiger partial charge in [0.2, 0.25) is 0 Å². The standard InChI is InChI=1S/C15H27N/c1-8(2)13-10(5)11(6)15(12(7)16)14(13)9(3)4/h8-10,12H,16H2,1-7H3. The lowest BCUT2D eigenvalue weighted by Crippen LogP contribution is -2.21. The molecule has 2 N–H and O–H groups in total. The van der Waals surface area contributed by atoms with E-state index in [2.05, 4.69) is 48.5 Å². The Bertz CT molecular complexity index is 329. The number of allylic oxidation sites excluding steroid dienone is 2. The molecule has 1 nitrogen and oxygen atoms in total. The van der Waals surface area contributed by atoms with E-state index in [-0.39, 0.29) is 6.04 Å². The molecule has 0 aliphatic heterocycles. The fraction of sp³-hybridized carbons (Fsp3) is 0.733. The highest BCUT2D eigenvalue weighted by molar-refractivity contribution is 5.52. The molecule has 0 fully saturated rings. The summed E-state index contributed by atoms with van der Waals surface area (Å²) in [5.41, 5.74) is 12.2. The van der Waals surface area contributed by atoms with Crippen LogP contribution in [0.25, 0.3) is 0 Å². The minimum Gasteiger partial charge on any atom is -0.324 e. The van der Waals surface area contributed by atoms with Crippen molar-refractivity contribution in [3.8, 4) is 0 Å². The number of nitrogens with two attached hydrogens (primary N) is 1. The molecule has 0 aromatic heterocycles. The molecule has 1 heteroatoms. The molecule has 0 saturated heterocycles. The molecule has 0 aromatic rings. The maximum absolute atomic E-state index is 6.15. The lowest BCUT2D eigenvalue weighted by molar-refractivity contribution is 0.630. The van der Waals surface area contributed by atoms with E-state index in [1.54, 1.807) is 5.57 Å². The molecule has 0 bridgehead atoms. The molecule has 0 aromatic carbocycles. The Kier molecular flexibility index (Phi) is 4.01. The zero-order valence-corrected chi connectivity index (χ0v) is 11.9. The van der Waals surface area contributed by atoms with Crippen LogP contribution in [0.2, 0.25) is 0 Å². The predicted molar refractivity (Wildman–Crippen MR) is 72.2 cm³/mol. The predicted octanol–water partition coefficient (Wildman–Crippen LogP) is 3.91. The first-order valence-corrected chi connectivity index (χ1v) is 6.49. The summed E-state index contributed by atoms with van der Waals surface area (Å²) in [7, 11) is 0. The van der Waals surface area contributed by atoms with Crippen LogP contribution < -0.4 is 5.73 Å². The Hall–Kier alpha value is -0.560. The first-order chi connectivity index (χ1) is 7.29. The van der Waals surface area contributed by atoms with Crippen molar-refractivity contribution >= 4 is 0 Å². The highest BCUT2D eigenvalue weighted by Gasteiger charge is 2.32. The van der Waals surface area contributed by atoms with E-state index in [1.165, 1.54) is 16.7 Å². The van der Waals surface area contributed by atoms with Crippen LogP contribution in [0.5, 0.6) is 0 Å². The second kappa shape index (κ2) is 4.75. The van der Waals surface area contributed by atoms with Crippen molar-refractivity contribution in [1.29, 1.82) is 0 Å². The van der Waals surface area contributed by atoms with Crippen molar-refractivity contribution in [3.05, 3.63) is 22.3 Å². The summed E-state index contributed by atoms with van der Waals surface area (Å²) >= 11 is 0. The first kappa shape index (κ1) is 13.5. The van der Waals surface area contributed by atoms with Gasteiger partial charge in [0.1, 0.15) is 0 Å². The van der Waals surface area contributed by atoms with E-state index in [4.69, 9.17) is 5.73 Å². The Morgan fingerprint density at radius 1 is 0.938 bits per heavy atom. The van der Waals surface area contributed by atoms with Gasteiger partial charge in [0.25, 0.3) is 0 Å². The van der Waals surface area contributed by atoms with E-state index in [1.807, 2.05) is 0 Å². The van der Waals surface area contributed by atoms with Gasteiger partial charge in [0.05, 0.1) is 0 Å². The molecule has 0 amide bonds. The van der Waals surface area contributed by atoms with Crippen molar-refractivity contribution in [3.63, 3.8) is 0 Å². The molecule has 0 saturated carbocycles. The minimum atomic E-state index is 0.163. The number of hydrogen-bond donors (Lipinski definition) is 1. The maximum Gasteiger partial charge on any atom is 0.0268 e. The second-order valence-electron chi connectivity index (χ2n) is 5.79. The zero-order valence-electron chi connectivity index (χ0n) is 11.9. The largest absolute Gasteiger partial charge is 0.324 e. The topological polar surface area (TPSA) is 26.0 Å². The van der Waals surface area contributed by atoms with Crippen molar-refractivity contribution < 1.29 is 0 Å². The minimum absolute atomic E-state index is 0.163. The van der Waals surface area contributed by atoms with E-state index in [0.29, 0.717) is 17.8 Å². The van der Waals surface area contributed by atoms with Gasteiger partial charge in [-0.3, -0.25) is 0 Å². The molecular formula is C15H27N. The average Bonchev–Trinajstić information content (AvgIpc) is 2.39. The third kappa shape index (κ3) is 2.10. The van der Waals surface area contributed by atoms with Crippen molar-refractivity contribution in [2.75, 3.05) is 0 Å². The van der Waals surface area contributed by atoms with Gasteiger partial charge >= 0.3 is 0 Å². The molecule has 0 radical (unpaired) electrons. The van der Waals surface area contributed by atoms with Gasteiger partial charge in [-0.2, -0.15) is 0 Å². The highest BCUT2D eigenvalue weighted by Crippen LogP contribution is 2.44. The van der Waals surface area contributed by atoms with E-state index in [9.17, 15) is 0 Å². The van der Waals surface area contributed by atoms with Crippen molar-refractivity contribution in [1.82, 2.24) is 0 Å². The Labute approximate surface area is 101 Å². The summed E-state index contributed by atoms with van der Waals surface area (Å²) in [6.45, 7) is 15.8.